The van der Waals surface area contributed by atoms with E-state index in [2.05, 4.69) is 10.1 Å². The molecular formula is C12H21N3O2. The summed E-state index contributed by atoms with van der Waals surface area (Å²) in [7, 11) is 1.74. The SMILES string of the molecule is CCn1ncnc1CC1(O)CCC(OC)CC1. The van der Waals surface area contributed by atoms with Crippen LogP contribution in [0.4, 0.5) is 0 Å². The summed E-state index contributed by atoms with van der Waals surface area (Å²) in [5.74, 6) is 0.880. The number of methoxy groups -OCH3 is 1. The molecule has 0 unspecified atom stereocenters. The van der Waals surface area contributed by atoms with Crippen molar-refractivity contribution in [3.8, 4) is 0 Å². The third-order valence-corrected chi connectivity index (χ3v) is 3.68. The Bertz CT molecular complexity index is 356. The van der Waals surface area contributed by atoms with E-state index in [1.807, 2.05) is 11.6 Å². The molecule has 0 spiro atoms. The molecule has 0 amide bonds. The van der Waals surface area contributed by atoms with Gasteiger partial charge in [0.05, 0.1) is 11.7 Å². The Kier molecular flexibility index (Phi) is 3.79. The third kappa shape index (κ3) is 2.84. The van der Waals surface area contributed by atoms with Crippen molar-refractivity contribution in [1.29, 1.82) is 0 Å². The summed E-state index contributed by atoms with van der Waals surface area (Å²) >= 11 is 0. The van der Waals surface area contributed by atoms with Gasteiger partial charge in [0, 0.05) is 20.1 Å². The van der Waals surface area contributed by atoms with Gasteiger partial charge in [-0.05, 0) is 32.6 Å². The molecule has 0 saturated heterocycles. The molecule has 0 aliphatic heterocycles. The van der Waals surface area contributed by atoms with E-state index in [1.165, 1.54) is 0 Å². The number of aromatic nitrogens is 3. The number of hydrogen-bond donors (Lipinski definition) is 1. The molecule has 0 aromatic carbocycles. The van der Waals surface area contributed by atoms with Gasteiger partial charge in [-0.1, -0.05) is 0 Å². The summed E-state index contributed by atoms with van der Waals surface area (Å²) in [6, 6.07) is 0. The quantitative estimate of drug-likeness (QED) is 0.856. The number of ether oxygens (including phenoxy) is 1. The lowest BCUT2D eigenvalue weighted by atomic mass is 9.81. The first kappa shape index (κ1) is 12.5. The molecule has 0 bridgehead atoms. The number of rotatable bonds is 4. The fourth-order valence-electron chi connectivity index (χ4n) is 2.52. The van der Waals surface area contributed by atoms with Crippen molar-refractivity contribution in [1.82, 2.24) is 14.8 Å². The summed E-state index contributed by atoms with van der Waals surface area (Å²) < 4.78 is 7.17. The molecule has 1 aliphatic carbocycles. The Balaban J connectivity index is 1.99. The normalized spacial score (nSPS) is 29.5. The molecule has 0 atom stereocenters. The van der Waals surface area contributed by atoms with E-state index in [-0.39, 0.29) is 0 Å². The number of hydrogen-bond acceptors (Lipinski definition) is 4. The molecule has 0 radical (unpaired) electrons. The van der Waals surface area contributed by atoms with Crippen LogP contribution in [0.3, 0.4) is 0 Å². The van der Waals surface area contributed by atoms with Gasteiger partial charge < -0.3 is 9.84 Å². The second-order valence-corrected chi connectivity index (χ2v) is 4.83. The predicted octanol–water partition coefficient (Wildman–Crippen LogP) is 1.16. The average Bonchev–Trinajstić information content (AvgIpc) is 2.77. The average molecular weight is 239 g/mol. The summed E-state index contributed by atoms with van der Waals surface area (Å²) in [5, 5.41) is 14.7. The third-order valence-electron chi connectivity index (χ3n) is 3.68. The predicted molar refractivity (Wildman–Crippen MR) is 63.6 cm³/mol. The van der Waals surface area contributed by atoms with Gasteiger partial charge in [0.1, 0.15) is 12.2 Å². The van der Waals surface area contributed by atoms with Crippen LogP contribution in [0.25, 0.3) is 0 Å². The van der Waals surface area contributed by atoms with Crippen LogP contribution >= 0.6 is 0 Å². The molecule has 17 heavy (non-hydrogen) atoms. The molecule has 1 fully saturated rings. The van der Waals surface area contributed by atoms with E-state index in [0.717, 1.165) is 38.1 Å². The van der Waals surface area contributed by atoms with Crippen LogP contribution in [0.5, 0.6) is 0 Å². The second-order valence-electron chi connectivity index (χ2n) is 4.83. The van der Waals surface area contributed by atoms with Gasteiger partial charge in [-0.2, -0.15) is 5.10 Å². The zero-order valence-corrected chi connectivity index (χ0v) is 10.6. The van der Waals surface area contributed by atoms with Crippen molar-refractivity contribution in [3.05, 3.63) is 12.2 Å². The summed E-state index contributed by atoms with van der Waals surface area (Å²) in [6.07, 6.45) is 5.87. The van der Waals surface area contributed by atoms with Crippen LogP contribution in [0.15, 0.2) is 6.33 Å². The first-order valence-corrected chi connectivity index (χ1v) is 6.29. The summed E-state index contributed by atoms with van der Waals surface area (Å²) in [4.78, 5) is 4.23. The Morgan fingerprint density at radius 2 is 2.24 bits per heavy atom. The number of aliphatic hydroxyl groups is 1. The van der Waals surface area contributed by atoms with Crippen LogP contribution in [-0.2, 0) is 17.7 Å². The molecule has 1 aromatic rings. The molecule has 1 heterocycles. The Hall–Kier alpha value is -0.940. The van der Waals surface area contributed by atoms with Crippen molar-refractivity contribution in [2.45, 2.75) is 57.3 Å². The zero-order valence-electron chi connectivity index (χ0n) is 10.6. The fourth-order valence-corrected chi connectivity index (χ4v) is 2.52. The van der Waals surface area contributed by atoms with Crippen molar-refractivity contribution in [2.24, 2.45) is 0 Å². The van der Waals surface area contributed by atoms with Crippen molar-refractivity contribution in [2.75, 3.05) is 7.11 Å². The monoisotopic (exact) mass is 239 g/mol. The molecule has 2 rings (SSSR count). The van der Waals surface area contributed by atoms with Crippen molar-refractivity contribution < 1.29 is 9.84 Å². The number of nitrogens with zero attached hydrogens (tertiary/aromatic N) is 3. The Morgan fingerprint density at radius 3 is 2.82 bits per heavy atom. The minimum Gasteiger partial charge on any atom is -0.389 e. The molecule has 1 aromatic heterocycles. The smallest absolute Gasteiger partial charge is 0.138 e. The maximum Gasteiger partial charge on any atom is 0.138 e. The first-order valence-electron chi connectivity index (χ1n) is 6.29. The van der Waals surface area contributed by atoms with E-state index in [1.54, 1.807) is 13.4 Å². The van der Waals surface area contributed by atoms with Gasteiger partial charge >= 0.3 is 0 Å². The fraction of sp³-hybridized carbons (Fsp3) is 0.833. The summed E-state index contributed by atoms with van der Waals surface area (Å²) in [6.45, 7) is 2.83. The van der Waals surface area contributed by atoms with E-state index in [9.17, 15) is 5.11 Å². The molecule has 1 N–H and O–H groups in total. The first-order chi connectivity index (χ1) is 8.17. The Morgan fingerprint density at radius 1 is 1.53 bits per heavy atom. The second kappa shape index (κ2) is 5.14. The molecule has 5 heteroatoms. The van der Waals surface area contributed by atoms with Crippen LogP contribution in [0.1, 0.15) is 38.4 Å². The van der Waals surface area contributed by atoms with Crippen LogP contribution in [0.2, 0.25) is 0 Å². The molecular weight excluding hydrogens is 218 g/mol. The van der Waals surface area contributed by atoms with Gasteiger partial charge in [0.15, 0.2) is 0 Å². The van der Waals surface area contributed by atoms with Gasteiger partial charge in [-0.25, -0.2) is 4.98 Å². The minimum atomic E-state index is -0.630. The lowest BCUT2D eigenvalue weighted by Crippen LogP contribution is -2.39. The molecule has 1 aliphatic rings. The Labute approximate surface area is 102 Å². The van der Waals surface area contributed by atoms with E-state index < -0.39 is 5.60 Å². The van der Waals surface area contributed by atoms with Gasteiger partial charge in [-0.15, -0.1) is 0 Å². The molecule has 96 valence electrons. The highest BCUT2D eigenvalue weighted by Gasteiger charge is 2.34. The molecule has 5 nitrogen and oxygen atoms in total. The van der Waals surface area contributed by atoms with Gasteiger partial charge in [0.2, 0.25) is 0 Å². The standard InChI is InChI=1S/C12H21N3O2/c1-3-15-11(13-9-14-15)8-12(16)6-4-10(17-2)5-7-12/h9-10,16H,3-8H2,1-2H3. The maximum atomic E-state index is 10.5. The van der Waals surface area contributed by atoms with Crippen LogP contribution in [0, 0.1) is 0 Å². The topological polar surface area (TPSA) is 60.2 Å². The largest absolute Gasteiger partial charge is 0.389 e. The van der Waals surface area contributed by atoms with E-state index >= 15 is 0 Å². The number of aryl methyl sites for hydroxylation is 1. The summed E-state index contributed by atoms with van der Waals surface area (Å²) in [5.41, 5.74) is -0.630. The zero-order chi connectivity index (χ0) is 12.3. The van der Waals surface area contributed by atoms with Crippen molar-refractivity contribution in [3.63, 3.8) is 0 Å². The van der Waals surface area contributed by atoms with Crippen LogP contribution < -0.4 is 0 Å². The lowest BCUT2D eigenvalue weighted by Gasteiger charge is -2.35. The maximum absolute atomic E-state index is 10.5. The van der Waals surface area contributed by atoms with E-state index in [4.69, 9.17) is 4.74 Å². The minimum absolute atomic E-state index is 0.305. The highest BCUT2D eigenvalue weighted by atomic mass is 16.5. The lowest BCUT2D eigenvalue weighted by molar-refractivity contribution is -0.0443. The molecule has 1 saturated carbocycles. The van der Waals surface area contributed by atoms with E-state index in [0.29, 0.717) is 12.5 Å². The van der Waals surface area contributed by atoms with Crippen molar-refractivity contribution >= 4 is 0 Å². The highest BCUT2D eigenvalue weighted by Crippen LogP contribution is 2.32. The van der Waals surface area contributed by atoms with Crippen LogP contribution in [-0.4, -0.2) is 38.7 Å². The van der Waals surface area contributed by atoms with Gasteiger partial charge in [0.25, 0.3) is 0 Å². The van der Waals surface area contributed by atoms with Gasteiger partial charge in [-0.3, -0.25) is 4.68 Å². The highest BCUT2D eigenvalue weighted by molar-refractivity contribution is 4.97.